The van der Waals surface area contributed by atoms with Crippen molar-refractivity contribution in [3.8, 4) is 0 Å². The average molecular weight is 229 g/mol. The number of esters is 1. The summed E-state index contributed by atoms with van der Waals surface area (Å²) in [5, 5.41) is 3.27. The molecular weight excluding hydrogens is 206 g/mol. The van der Waals surface area contributed by atoms with Gasteiger partial charge in [-0.05, 0) is 26.2 Å². The number of carbonyl (C=O) groups is 1. The standard InChI is InChI=1S/C12H23NO3/c1-3-15-12(14)10(2)8-13-9-11-6-4-5-7-16-11/h10-11,13H,3-9H2,1-2H3. The van der Waals surface area contributed by atoms with E-state index < -0.39 is 0 Å². The van der Waals surface area contributed by atoms with Crippen molar-refractivity contribution in [3.63, 3.8) is 0 Å². The molecule has 1 rings (SSSR count). The molecule has 0 radical (unpaired) electrons. The highest BCUT2D eigenvalue weighted by Gasteiger charge is 2.16. The largest absolute Gasteiger partial charge is 0.466 e. The molecule has 0 saturated carbocycles. The van der Waals surface area contributed by atoms with Gasteiger partial charge in [0.05, 0.1) is 18.6 Å². The molecule has 4 nitrogen and oxygen atoms in total. The first-order valence-corrected chi connectivity index (χ1v) is 6.23. The highest BCUT2D eigenvalue weighted by atomic mass is 16.5. The number of carbonyl (C=O) groups excluding carboxylic acids is 1. The van der Waals surface area contributed by atoms with Crippen LogP contribution in [-0.4, -0.2) is 38.4 Å². The van der Waals surface area contributed by atoms with E-state index in [9.17, 15) is 4.79 Å². The van der Waals surface area contributed by atoms with Gasteiger partial charge >= 0.3 is 5.97 Å². The Balaban J connectivity index is 2.07. The zero-order valence-corrected chi connectivity index (χ0v) is 10.3. The first kappa shape index (κ1) is 13.5. The number of nitrogens with one attached hydrogen (secondary N) is 1. The van der Waals surface area contributed by atoms with Gasteiger partial charge in [0.1, 0.15) is 0 Å². The van der Waals surface area contributed by atoms with E-state index in [2.05, 4.69) is 5.32 Å². The summed E-state index contributed by atoms with van der Waals surface area (Å²) < 4.78 is 10.5. The summed E-state index contributed by atoms with van der Waals surface area (Å²) in [7, 11) is 0. The van der Waals surface area contributed by atoms with Crippen LogP contribution in [0.1, 0.15) is 33.1 Å². The van der Waals surface area contributed by atoms with E-state index >= 15 is 0 Å². The summed E-state index contributed by atoms with van der Waals surface area (Å²) in [6.07, 6.45) is 3.87. The normalized spacial score (nSPS) is 22.8. The second kappa shape index (κ2) is 7.63. The van der Waals surface area contributed by atoms with Gasteiger partial charge < -0.3 is 14.8 Å². The van der Waals surface area contributed by atoms with Crippen LogP contribution in [-0.2, 0) is 14.3 Å². The van der Waals surface area contributed by atoms with Crippen molar-refractivity contribution in [1.29, 1.82) is 0 Å². The van der Waals surface area contributed by atoms with Crippen molar-refractivity contribution >= 4 is 5.97 Å². The van der Waals surface area contributed by atoms with Gasteiger partial charge in [-0.3, -0.25) is 4.79 Å². The van der Waals surface area contributed by atoms with Crippen LogP contribution in [0.15, 0.2) is 0 Å². The summed E-state index contributed by atoms with van der Waals surface area (Å²) in [5.41, 5.74) is 0. The Morgan fingerprint density at radius 3 is 3.00 bits per heavy atom. The van der Waals surface area contributed by atoms with E-state index in [4.69, 9.17) is 9.47 Å². The molecule has 0 spiro atoms. The lowest BCUT2D eigenvalue weighted by Gasteiger charge is -2.23. The predicted molar refractivity (Wildman–Crippen MR) is 62.3 cm³/mol. The maximum absolute atomic E-state index is 11.3. The lowest BCUT2D eigenvalue weighted by Crippen LogP contribution is -2.36. The van der Waals surface area contributed by atoms with Crippen molar-refractivity contribution < 1.29 is 14.3 Å². The van der Waals surface area contributed by atoms with Crippen molar-refractivity contribution in [2.45, 2.75) is 39.2 Å². The van der Waals surface area contributed by atoms with Crippen LogP contribution < -0.4 is 5.32 Å². The van der Waals surface area contributed by atoms with Crippen molar-refractivity contribution in [1.82, 2.24) is 5.32 Å². The molecule has 2 atom stereocenters. The lowest BCUT2D eigenvalue weighted by molar-refractivity contribution is -0.147. The van der Waals surface area contributed by atoms with Gasteiger partial charge in [-0.15, -0.1) is 0 Å². The molecule has 0 aliphatic carbocycles. The highest BCUT2D eigenvalue weighted by Crippen LogP contribution is 2.11. The smallest absolute Gasteiger partial charge is 0.309 e. The molecule has 2 unspecified atom stereocenters. The molecule has 0 bridgehead atoms. The van der Waals surface area contributed by atoms with Gasteiger partial charge in [-0.1, -0.05) is 6.92 Å². The van der Waals surface area contributed by atoms with Gasteiger partial charge in [0.15, 0.2) is 0 Å². The molecule has 0 aromatic carbocycles. The number of ether oxygens (including phenoxy) is 2. The molecule has 4 heteroatoms. The summed E-state index contributed by atoms with van der Waals surface area (Å²) in [5.74, 6) is -0.205. The number of hydrogen-bond donors (Lipinski definition) is 1. The second-order valence-corrected chi connectivity index (χ2v) is 4.30. The van der Waals surface area contributed by atoms with Crippen molar-refractivity contribution in [2.75, 3.05) is 26.3 Å². The Morgan fingerprint density at radius 2 is 2.38 bits per heavy atom. The Labute approximate surface area is 97.7 Å². The van der Waals surface area contributed by atoms with E-state index in [1.54, 1.807) is 0 Å². The molecule has 0 aromatic heterocycles. The minimum Gasteiger partial charge on any atom is -0.466 e. The third-order valence-corrected chi connectivity index (χ3v) is 2.79. The second-order valence-electron chi connectivity index (χ2n) is 4.30. The summed E-state index contributed by atoms with van der Waals surface area (Å²) >= 11 is 0. The fraction of sp³-hybridized carbons (Fsp3) is 0.917. The van der Waals surface area contributed by atoms with Crippen LogP contribution in [0.3, 0.4) is 0 Å². The third-order valence-electron chi connectivity index (χ3n) is 2.79. The molecule has 16 heavy (non-hydrogen) atoms. The zero-order valence-electron chi connectivity index (χ0n) is 10.3. The van der Waals surface area contributed by atoms with Gasteiger partial charge in [0.25, 0.3) is 0 Å². The first-order chi connectivity index (χ1) is 7.74. The zero-order chi connectivity index (χ0) is 11.8. The molecule has 1 aliphatic rings. The van der Waals surface area contributed by atoms with Crippen molar-refractivity contribution in [3.05, 3.63) is 0 Å². The Bertz CT molecular complexity index is 202. The van der Waals surface area contributed by atoms with Gasteiger partial charge in [-0.25, -0.2) is 0 Å². The number of rotatable bonds is 6. The van der Waals surface area contributed by atoms with E-state index in [1.807, 2.05) is 13.8 Å². The van der Waals surface area contributed by atoms with Crippen LogP contribution in [0.4, 0.5) is 0 Å². The van der Waals surface area contributed by atoms with E-state index in [0.29, 0.717) is 19.3 Å². The van der Waals surface area contributed by atoms with E-state index in [0.717, 1.165) is 19.6 Å². The molecule has 1 saturated heterocycles. The predicted octanol–water partition coefficient (Wildman–Crippen LogP) is 1.34. The van der Waals surface area contributed by atoms with Crippen LogP contribution in [0.5, 0.6) is 0 Å². The Kier molecular flexibility index (Phi) is 6.42. The van der Waals surface area contributed by atoms with Crippen molar-refractivity contribution in [2.24, 2.45) is 5.92 Å². The Morgan fingerprint density at radius 1 is 1.56 bits per heavy atom. The van der Waals surface area contributed by atoms with Crippen LogP contribution in [0, 0.1) is 5.92 Å². The van der Waals surface area contributed by atoms with E-state index in [-0.39, 0.29) is 11.9 Å². The molecular formula is C12H23NO3. The average Bonchev–Trinajstić information content (AvgIpc) is 2.30. The summed E-state index contributed by atoms with van der Waals surface area (Å²) in [6, 6.07) is 0. The number of hydrogen-bond acceptors (Lipinski definition) is 4. The van der Waals surface area contributed by atoms with Gasteiger partial charge in [0.2, 0.25) is 0 Å². The SMILES string of the molecule is CCOC(=O)C(C)CNCC1CCCCO1. The Hall–Kier alpha value is -0.610. The first-order valence-electron chi connectivity index (χ1n) is 6.23. The molecule has 1 fully saturated rings. The fourth-order valence-corrected chi connectivity index (χ4v) is 1.80. The van der Waals surface area contributed by atoms with E-state index in [1.165, 1.54) is 12.8 Å². The molecule has 1 N–H and O–H groups in total. The third kappa shape index (κ3) is 4.94. The molecule has 1 heterocycles. The van der Waals surface area contributed by atoms with Crippen LogP contribution in [0.2, 0.25) is 0 Å². The van der Waals surface area contributed by atoms with Gasteiger partial charge in [0, 0.05) is 19.7 Å². The molecule has 1 aliphatic heterocycles. The maximum Gasteiger partial charge on any atom is 0.309 e. The van der Waals surface area contributed by atoms with Gasteiger partial charge in [-0.2, -0.15) is 0 Å². The fourth-order valence-electron chi connectivity index (χ4n) is 1.80. The minimum atomic E-state index is -0.125. The highest BCUT2D eigenvalue weighted by molar-refractivity contribution is 5.72. The lowest BCUT2D eigenvalue weighted by atomic mass is 10.1. The molecule has 0 amide bonds. The monoisotopic (exact) mass is 229 g/mol. The quantitative estimate of drug-likeness (QED) is 0.698. The molecule has 94 valence electrons. The molecule has 0 aromatic rings. The van der Waals surface area contributed by atoms with Crippen LogP contribution in [0.25, 0.3) is 0 Å². The topological polar surface area (TPSA) is 47.6 Å². The van der Waals surface area contributed by atoms with Crippen LogP contribution >= 0.6 is 0 Å². The maximum atomic E-state index is 11.3. The summed E-state index contributed by atoms with van der Waals surface area (Å²) in [4.78, 5) is 11.3. The minimum absolute atomic E-state index is 0.0801. The summed E-state index contributed by atoms with van der Waals surface area (Å²) in [6.45, 7) is 6.54.